The minimum Gasteiger partial charge on any atom is -0.463 e. The predicted molar refractivity (Wildman–Crippen MR) is 91.8 cm³/mol. The molecule has 1 aromatic heterocycles. The molecule has 2 heterocycles. The van der Waals surface area contributed by atoms with Crippen LogP contribution in [0.5, 0.6) is 0 Å². The average Bonchev–Trinajstić information content (AvgIpc) is 3.04. The third-order valence-electron chi connectivity index (χ3n) is 4.00. The molecule has 1 aromatic carbocycles. The van der Waals surface area contributed by atoms with E-state index in [4.69, 9.17) is 15.2 Å². The molecule has 0 saturated heterocycles. The summed E-state index contributed by atoms with van der Waals surface area (Å²) in [5, 5.41) is 12.0. The molecule has 0 fully saturated rings. The van der Waals surface area contributed by atoms with E-state index in [0.29, 0.717) is 4.70 Å². The van der Waals surface area contributed by atoms with Crippen LogP contribution in [0.2, 0.25) is 0 Å². The van der Waals surface area contributed by atoms with E-state index in [-0.39, 0.29) is 35.0 Å². The molecule has 2 aromatic rings. The lowest BCUT2D eigenvalue weighted by Crippen LogP contribution is -2.26. The lowest BCUT2D eigenvalue weighted by Gasteiger charge is -2.27. The van der Waals surface area contributed by atoms with Crippen molar-refractivity contribution in [3.63, 3.8) is 0 Å². The predicted octanol–water partition coefficient (Wildman–Crippen LogP) is 3.69. The summed E-state index contributed by atoms with van der Waals surface area (Å²) >= 11 is 1.25. The number of nitrogens with two attached hydrogens (primary N) is 1. The summed E-state index contributed by atoms with van der Waals surface area (Å²) in [5.74, 6) is -2.04. The van der Waals surface area contributed by atoms with Gasteiger partial charge in [0.25, 0.3) is 0 Å². The topological polar surface area (TPSA) is 85.3 Å². The van der Waals surface area contributed by atoms with Crippen LogP contribution in [0.1, 0.15) is 25.3 Å². The summed E-state index contributed by atoms with van der Waals surface area (Å²) in [5.41, 5.74) is 6.08. The quantitative estimate of drug-likeness (QED) is 0.846. The number of fused-ring (bicyclic) bond motifs is 1. The highest BCUT2D eigenvalue weighted by atomic mass is 32.1. The van der Waals surface area contributed by atoms with Crippen LogP contribution < -0.4 is 5.73 Å². The third-order valence-corrected chi connectivity index (χ3v) is 4.93. The van der Waals surface area contributed by atoms with Crippen molar-refractivity contribution in [1.29, 1.82) is 5.26 Å². The molecule has 0 amide bonds. The number of ether oxygens (including phenoxy) is 2. The van der Waals surface area contributed by atoms with Crippen LogP contribution in [0, 0.1) is 17.1 Å². The number of allylic oxidation sites excluding steroid dienone is 2. The largest absolute Gasteiger partial charge is 0.463 e. The van der Waals surface area contributed by atoms with Crippen molar-refractivity contribution in [2.45, 2.75) is 19.8 Å². The van der Waals surface area contributed by atoms with E-state index >= 15 is 4.39 Å². The van der Waals surface area contributed by atoms with Crippen molar-refractivity contribution >= 4 is 27.4 Å². The maximum absolute atomic E-state index is 15.1. The number of nitrogens with zero attached hydrogens (tertiary/aromatic N) is 1. The van der Waals surface area contributed by atoms with Gasteiger partial charge in [0, 0.05) is 5.56 Å². The number of carbonyl (C=O) groups excluding carboxylic acids is 1. The molecule has 0 saturated carbocycles. The van der Waals surface area contributed by atoms with Gasteiger partial charge in [-0.2, -0.15) is 5.26 Å². The van der Waals surface area contributed by atoms with Gasteiger partial charge in [-0.25, -0.2) is 9.18 Å². The van der Waals surface area contributed by atoms with Gasteiger partial charge >= 0.3 is 5.97 Å². The van der Waals surface area contributed by atoms with Crippen LogP contribution in [0.25, 0.3) is 10.1 Å². The summed E-state index contributed by atoms with van der Waals surface area (Å²) in [6.07, 6.45) is 0. The smallest absolute Gasteiger partial charge is 0.338 e. The fourth-order valence-electron chi connectivity index (χ4n) is 2.90. The monoisotopic (exact) mass is 358 g/mol. The number of rotatable bonds is 3. The zero-order valence-corrected chi connectivity index (χ0v) is 14.4. The van der Waals surface area contributed by atoms with Gasteiger partial charge in [-0.1, -0.05) is 12.1 Å². The highest BCUT2D eigenvalue weighted by Crippen LogP contribution is 2.42. The fourth-order valence-corrected chi connectivity index (χ4v) is 3.75. The summed E-state index contributed by atoms with van der Waals surface area (Å²) < 4.78 is 26.0. The van der Waals surface area contributed by atoms with E-state index in [1.54, 1.807) is 37.4 Å². The lowest BCUT2D eigenvalue weighted by atomic mass is 9.82. The first kappa shape index (κ1) is 17.0. The standard InChI is InChI=1S/C18H15FN2O3S/c1-3-23-18(22)13-9(2)24-17(21)12(8-20)14(13)11-5-4-10-6-7-25-16(10)15(11)19/h4-7,14H,3,21H2,1-2H3. The summed E-state index contributed by atoms with van der Waals surface area (Å²) in [6.45, 7) is 3.36. The van der Waals surface area contributed by atoms with E-state index in [1.807, 2.05) is 6.07 Å². The molecule has 1 aliphatic rings. The van der Waals surface area contributed by atoms with Crippen molar-refractivity contribution in [3.8, 4) is 6.07 Å². The highest BCUT2D eigenvalue weighted by molar-refractivity contribution is 7.17. The number of esters is 1. The zero-order chi connectivity index (χ0) is 18.1. The van der Waals surface area contributed by atoms with Crippen LogP contribution in [0.3, 0.4) is 0 Å². The van der Waals surface area contributed by atoms with E-state index in [9.17, 15) is 10.1 Å². The van der Waals surface area contributed by atoms with Gasteiger partial charge in [0.05, 0.1) is 22.8 Å². The SMILES string of the molecule is CCOC(=O)C1=C(C)OC(N)=C(C#N)C1c1ccc2ccsc2c1F. The molecule has 2 N–H and O–H groups in total. The molecular weight excluding hydrogens is 343 g/mol. The summed E-state index contributed by atoms with van der Waals surface area (Å²) in [4.78, 5) is 12.4. The molecule has 7 heteroatoms. The maximum atomic E-state index is 15.1. The molecular formula is C18H15FN2O3S. The summed E-state index contributed by atoms with van der Waals surface area (Å²) in [6, 6.07) is 7.07. The van der Waals surface area contributed by atoms with Crippen LogP contribution >= 0.6 is 11.3 Å². The Kier molecular flexibility index (Phi) is 4.47. The number of nitriles is 1. The first-order valence-electron chi connectivity index (χ1n) is 7.60. The van der Waals surface area contributed by atoms with Crippen molar-refractivity contribution in [2.75, 3.05) is 6.61 Å². The molecule has 3 rings (SSSR count). The lowest BCUT2D eigenvalue weighted by molar-refractivity contribution is -0.139. The molecule has 1 atom stereocenters. The van der Waals surface area contributed by atoms with Gasteiger partial charge in [0.15, 0.2) is 0 Å². The fraction of sp³-hybridized carbons (Fsp3) is 0.222. The van der Waals surface area contributed by atoms with Crippen LogP contribution in [-0.4, -0.2) is 12.6 Å². The number of thiophene rings is 1. The van der Waals surface area contributed by atoms with Crippen molar-refractivity contribution < 1.29 is 18.7 Å². The second-order valence-electron chi connectivity index (χ2n) is 5.42. The Balaban J connectivity index is 2.25. The molecule has 0 bridgehead atoms. The molecule has 0 spiro atoms. The second kappa shape index (κ2) is 6.57. The Morgan fingerprint density at radius 3 is 2.92 bits per heavy atom. The number of halogens is 1. The molecule has 1 unspecified atom stereocenters. The Morgan fingerprint density at radius 2 is 2.24 bits per heavy atom. The molecule has 0 aliphatic carbocycles. The second-order valence-corrected chi connectivity index (χ2v) is 6.34. The zero-order valence-electron chi connectivity index (χ0n) is 13.6. The van der Waals surface area contributed by atoms with Gasteiger partial charge in [-0.3, -0.25) is 0 Å². The van der Waals surface area contributed by atoms with Gasteiger partial charge in [-0.05, 0) is 30.7 Å². The third kappa shape index (κ3) is 2.75. The summed E-state index contributed by atoms with van der Waals surface area (Å²) in [7, 11) is 0. The molecule has 1 aliphatic heterocycles. The maximum Gasteiger partial charge on any atom is 0.338 e. The van der Waals surface area contributed by atoms with Crippen molar-refractivity contribution in [2.24, 2.45) is 5.73 Å². The Morgan fingerprint density at radius 1 is 1.48 bits per heavy atom. The normalized spacial score (nSPS) is 17.4. The molecule has 25 heavy (non-hydrogen) atoms. The number of benzene rings is 1. The first-order valence-corrected chi connectivity index (χ1v) is 8.48. The minimum absolute atomic E-state index is 0.0107. The van der Waals surface area contributed by atoms with Crippen molar-refractivity contribution in [1.82, 2.24) is 0 Å². The molecule has 128 valence electrons. The Hall–Kier alpha value is -2.85. The number of hydrogen-bond acceptors (Lipinski definition) is 6. The average molecular weight is 358 g/mol. The number of hydrogen-bond donors (Lipinski definition) is 1. The van der Waals surface area contributed by atoms with E-state index in [2.05, 4.69) is 0 Å². The molecule has 0 radical (unpaired) electrons. The van der Waals surface area contributed by atoms with Gasteiger partial charge < -0.3 is 15.2 Å². The highest BCUT2D eigenvalue weighted by Gasteiger charge is 2.38. The Bertz CT molecular complexity index is 968. The van der Waals surface area contributed by atoms with E-state index < -0.39 is 17.7 Å². The van der Waals surface area contributed by atoms with Gasteiger partial charge in [0.2, 0.25) is 5.88 Å². The van der Waals surface area contributed by atoms with Crippen LogP contribution in [-0.2, 0) is 14.3 Å². The first-order chi connectivity index (χ1) is 12.0. The van der Waals surface area contributed by atoms with E-state index in [0.717, 1.165) is 5.39 Å². The van der Waals surface area contributed by atoms with Crippen LogP contribution in [0.4, 0.5) is 4.39 Å². The van der Waals surface area contributed by atoms with Gasteiger partial charge in [0.1, 0.15) is 23.2 Å². The Labute approximate surface area is 147 Å². The van der Waals surface area contributed by atoms with E-state index in [1.165, 1.54) is 11.3 Å². The molecule has 5 nitrogen and oxygen atoms in total. The van der Waals surface area contributed by atoms with Crippen molar-refractivity contribution in [3.05, 3.63) is 57.7 Å². The van der Waals surface area contributed by atoms with Gasteiger partial charge in [-0.15, -0.1) is 11.3 Å². The van der Waals surface area contributed by atoms with Crippen LogP contribution in [0.15, 0.2) is 46.4 Å². The minimum atomic E-state index is -0.968. The number of carbonyl (C=O) groups is 1.